The number of hydrogen-bond acceptors (Lipinski definition) is 5. The second-order valence-electron chi connectivity index (χ2n) is 5.84. The average molecular weight is 354 g/mol. The van der Waals surface area contributed by atoms with Crippen molar-refractivity contribution in [3.8, 4) is 5.88 Å². The number of aromatic nitrogens is 1. The summed E-state index contributed by atoms with van der Waals surface area (Å²) in [5.74, 6) is 1.60. The molecule has 1 aromatic heterocycles. The molecule has 1 unspecified atom stereocenters. The molecule has 2 rings (SSSR count). The monoisotopic (exact) mass is 354 g/mol. The number of nitrogens with one attached hydrogen (secondary N) is 2. The molecule has 0 saturated carbocycles. The number of ether oxygens (including phenoxy) is 1. The van der Waals surface area contributed by atoms with Crippen molar-refractivity contribution in [2.45, 2.75) is 38.8 Å². The molecule has 7 nitrogen and oxygen atoms in total. The second kappa shape index (κ2) is 8.86. The lowest BCUT2D eigenvalue weighted by atomic mass is 10.2. The quantitative estimate of drug-likeness (QED) is 0.433. The van der Waals surface area contributed by atoms with Crippen molar-refractivity contribution >= 4 is 15.8 Å². The van der Waals surface area contributed by atoms with Gasteiger partial charge in [-0.1, -0.05) is 19.4 Å². The Morgan fingerprint density at radius 2 is 2.33 bits per heavy atom. The van der Waals surface area contributed by atoms with Gasteiger partial charge in [0.2, 0.25) is 5.88 Å². The molecule has 1 aliphatic rings. The lowest BCUT2D eigenvalue weighted by molar-refractivity contribution is 0.294. The maximum atomic E-state index is 11.5. The number of unbranched alkanes of at least 4 members (excludes halogenated alkanes) is 1. The smallest absolute Gasteiger partial charge is 0.218 e. The topological polar surface area (TPSA) is 92.7 Å². The van der Waals surface area contributed by atoms with Crippen LogP contribution in [0.3, 0.4) is 0 Å². The first kappa shape index (κ1) is 18.5. The second-order valence-corrected chi connectivity index (χ2v) is 8.07. The lowest BCUT2D eigenvalue weighted by Gasteiger charge is -2.17. The molecular formula is C16H26N4O3S. The van der Waals surface area contributed by atoms with Crippen LogP contribution in [0.2, 0.25) is 0 Å². The zero-order valence-electron chi connectivity index (χ0n) is 14.3. The number of nitrogens with zero attached hydrogens (tertiary/aromatic N) is 2. The van der Waals surface area contributed by atoms with Crippen LogP contribution in [0, 0.1) is 0 Å². The van der Waals surface area contributed by atoms with Crippen LogP contribution in [0.5, 0.6) is 5.88 Å². The van der Waals surface area contributed by atoms with E-state index in [-0.39, 0.29) is 17.5 Å². The van der Waals surface area contributed by atoms with E-state index < -0.39 is 9.84 Å². The SMILES string of the molecule is CCCCOc1ncccc1CNC(=NC)NC1CCS(=O)(=O)C1. The fourth-order valence-corrected chi connectivity index (χ4v) is 4.15. The highest BCUT2D eigenvalue weighted by atomic mass is 32.2. The lowest BCUT2D eigenvalue weighted by Crippen LogP contribution is -2.43. The molecule has 1 atom stereocenters. The summed E-state index contributed by atoms with van der Waals surface area (Å²) in [5, 5.41) is 6.36. The molecule has 0 aliphatic carbocycles. The zero-order chi connectivity index (χ0) is 17.4. The molecule has 0 radical (unpaired) electrons. The molecule has 2 N–H and O–H groups in total. The van der Waals surface area contributed by atoms with Crippen molar-refractivity contribution in [1.82, 2.24) is 15.6 Å². The molecule has 0 amide bonds. The van der Waals surface area contributed by atoms with Crippen LogP contribution in [-0.2, 0) is 16.4 Å². The number of rotatable bonds is 7. The summed E-state index contributed by atoms with van der Waals surface area (Å²) >= 11 is 0. The minimum absolute atomic E-state index is 0.0876. The summed E-state index contributed by atoms with van der Waals surface area (Å²) in [5.41, 5.74) is 0.940. The third kappa shape index (κ3) is 5.67. The molecule has 1 aliphatic heterocycles. The molecule has 1 aromatic rings. The molecule has 0 spiro atoms. The Bertz CT molecular complexity index is 661. The minimum Gasteiger partial charge on any atom is -0.477 e. The van der Waals surface area contributed by atoms with Crippen molar-refractivity contribution in [2.24, 2.45) is 4.99 Å². The van der Waals surface area contributed by atoms with Crippen molar-refractivity contribution in [2.75, 3.05) is 25.2 Å². The highest BCUT2D eigenvalue weighted by Gasteiger charge is 2.28. The predicted molar refractivity (Wildman–Crippen MR) is 95.0 cm³/mol. The fourth-order valence-electron chi connectivity index (χ4n) is 2.48. The Morgan fingerprint density at radius 1 is 1.50 bits per heavy atom. The fraction of sp³-hybridized carbons (Fsp3) is 0.625. The Kier molecular flexibility index (Phi) is 6.84. The summed E-state index contributed by atoms with van der Waals surface area (Å²) in [6.45, 7) is 3.27. The van der Waals surface area contributed by atoms with Crippen LogP contribution >= 0.6 is 0 Å². The standard InChI is InChI=1S/C16H26N4O3S/c1-3-4-9-23-15-13(6-5-8-18-15)11-19-16(17-2)20-14-7-10-24(21,22)12-14/h5-6,8,14H,3-4,7,9-12H2,1-2H3,(H2,17,19,20). The number of aliphatic imine (C=N–C) groups is 1. The van der Waals surface area contributed by atoms with Gasteiger partial charge in [-0.05, 0) is 18.9 Å². The van der Waals surface area contributed by atoms with E-state index >= 15 is 0 Å². The molecule has 1 saturated heterocycles. The predicted octanol–water partition coefficient (Wildman–Crippen LogP) is 1.11. The first-order chi connectivity index (χ1) is 11.5. The van der Waals surface area contributed by atoms with Gasteiger partial charge in [0, 0.05) is 31.4 Å². The van der Waals surface area contributed by atoms with Crippen LogP contribution in [0.15, 0.2) is 23.3 Å². The molecule has 0 aromatic carbocycles. The summed E-state index contributed by atoms with van der Waals surface area (Å²) in [6.07, 6.45) is 4.38. The highest BCUT2D eigenvalue weighted by Crippen LogP contribution is 2.15. The van der Waals surface area contributed by atoms with E-state index in [4.69, 9.17) is 4.74 Å². The molecule has 8 heteroatoms. The van der Waals surface area contributed by atoms with Crippen molar-refractivity contribution in [1.29, 1.82) is 0 Å². The number of hydrogen-bond donors (Lipinski definition) is 2. The minimum atomic E-state index is -2.91. The Labute approximate surface area is 143 Å². The van der Waals surface area contributed by atoms with Crippen LogP contribution in [-0.4, -0.2) is 50.6 Å². The van der Waals surface area contributed by atoms with E-state index in [1.54, 1.807) is 13.2 Å². The first-order valence-electron chi connectivity index (χ1n) is 8.28. The molecular weight excluding hydrogens is 328 g/mol. The zero-order valence-corrected chi connectivity index (χ0v) is 15.1. The largest absolute Gasteiger partial charge is 0.477 e. The Hall–Kier alpha value is -1.83. The highest BCUT2D eigenvalue weighted by molar-refractivity contribution is 7.91. The van der Waals surface area contributed by atoms with Gasteiger partial charge in [-0.25, -0.2) is 13.4 Å². The third-order valence-electron chi connectivity index (χ3n) is 3.83. The number of guanidine groups is 1. The van der Waals surface area contributed by atoms with E-state index in [9.17, 15) is 8.42 Å². The van der Waals surface area contributed by atoms with Gasteiger partial charge in [0.25, 0.3) is 0 Å². The van der Waals surface area contributed by atoms with Gasteiger partial charge in [0.1, 0.15) is 0 Å². The molecule has 0 bridgehead atoms. The van der Waals surface area contributed by atoms with E-state index in [2.05, 4.69) is 27.5 Å². The van der Waals surface area contributed by atoms with E-state index in [1.165, 1.54) is 0 Å². The first-order valence-corrected chi connectivity index (χ1v) is 10.1. The van der Waals surface area contributed by atoms with Crippen LogP contribution < -0.4 is 15.4 Å². The molecule has 24 heavy (non-hydrogen) atoms. The normalized spacial score (nSPS) is 19.9. The Morgan fingerprint density at radius 3 is 3.00 bits per heavy atom. The summed E-state index contributed by atoms with van der Waals surface area (Å²) < 4.78 is 28.8. The third-order valence-corrected chi connectivity index (χ3v) is 5.60. The van der Waals surface area contributed by atoms with Crippen LogP contribution in [0.25, 0.3) is 0 Å². The van der Waals surface area contributed by atoms with E-state index in [1.807, 2.05) is 12.1 Å². The van der Waals surface area contributed by atoms with E-state index in [0.29, 0.717) is 31.4 Å². The number of pyridine rings is 1. The molecule has 134 valence electrons. The number of sulfone groups is 1. The van der Waals surface area contributed by atoms with Crippen molar-refractivity contribution in [3.05, 3.63) is 23.9 Å². The van der Waals surface area contributed by atoms with Gasteiger partial charge >= 0.3 is 0 Å². The molecule has 1 fully saturated rings. The van der Waals surface area contributed by atoms with E-state index in [0.717, 1.165) is 18.4 Å². The summed E-state index contributed by atoms with van der Waals surface area (Å²) in [7, 11) is -1.24. The maximum absolute atomic E-state index is 11.5. The average Bonchev–Trinajstić information content (AvgIpc) is 2.91. The molecule has 2 heterocycles. The summed E-state index contributed by atoms with van der Waals surface area (Å²) in [6, 6.07) is 3.73. The van der Waals surface area contributed by atoms with Crippen molar-refractivity contribution in [3.63, 3.8) is 0 Å². The summed E-state index contributed by atoms with van der Waals surface area (Å²) in [4.78, 5) is 8.43. The van der Waals surface area contributed by atoms with Gasteiger partial charge in [-0.2, -0.15) is 0 Å². The van der Waals surface area contributed by atoms with Gasteiger partial charge < -0.3 is 15.4 Å². The Balaban J connectivity index is 1.89. The van der Waals surface area contributed by atoms with Gasteiger partial charge in [-0.15, -0.1) is 0 Å². The van der Waals surface area contributed by atoms with Gasteiger partial charge in [0.15, 0.2) is 15.8 Å². The van der Waals surface area contributed by atoms with Gasteiger partial charge in [0.05, 0.1) is 18.1 Å². The van der Waals surface area contributed by atoms with Crippen LogP contribution in [0.4, 0.5) is 0 Å². The maximum Gasteiger partial charge on any atom is 0.218 e. The van der Waals surface area contributed by atoms with Crippen molar-refractivity contribution < 1.29 is 13.2 Å². The van der Waals surface area contributed by atoms with Crippen LogP contribution in [0.1, 0.15) is 31.7 Å². The van der Waals surface area contributed by atoms with Gasteiger partial charge in [-0.3, -0.25) is 4.99 Å².